The molecule has 0 aliphatic rings. The second kappa shape index (κ2) is 7.11. The van der Waals surface area contributed by atoms with Gasteiger partial charge in [-0.3, -0.25) is 4.79 Å². The number of ether oxygens (including phenoxy) is 1. The van der Waals surface area contributed by atoms with Crippen molar-refractivity contribution in [3.8, 4) is 5.75 Å². The molecule has 0 spiro atoms. The standard InChI is InChI=1S/C14H11BrCl2N2O2/c1-8(21-12-4-2-9(16)6-11(12)15)14(20)19-13-5-3-10(17)7-18-13/h2-8H,1H3,(H,18,19,20). The van der Waals surface area contributed by atoms with E-state index in [1.165, 1.54) is 6.20 Å². The fourth-order valence-electron chi connectivity index (χ4n) is 1.49. The van der Waals surface area contributed by atoms with Crippen molar-refractivity contribution in [1.82, 2.24) is 4.98 Å². The molecule has 0 saturated heterocycles. The van der Waals surface area contributed by atoms with E-state index in [0.717, 1.165) is 0 Å². The van der Waals surface area contributed by atoms with Gasteiger partial charge in [-0.25, -0.2) is 4.98 Å². The van der Waals surface area contributed by atoms with Gasteiger partial charge in [0.05, 0.1) is 9.50 Å². The highest BCUT2D eigenvalue weighted by Crippen LogP contribution is 2.28. The average molecular weight is 390 g/mol. The molecule has 110 valence electrons. The van der Waals surface area contributed by atoms with Crippen LogP contribution in [-0.2, 0) is 4.79 Å². The molecule has 2 aromatic rings. The molecular formula is C14H11BrCl2N2O2. The first kappa shape index (κ1) is 16.1. The van der Waals surface area contributed by atoms with E-state index in [4.69, 9.17) is 27.9 Å². The molecule has 2 rings (SSSR count). The zero-order valence-electron chi connectivity index (χ0n) is 10.9. The van der Waals surface area contributed by atoms with Crippen LogP contribution in [0.3, 0.4) is 0 Å². The summed E-state index contributed by atoms with van der Waals surface area (Å²) < 4.78 is 6.27. The molecule has 1 N–H and O–H groups in total. The molecule has 21 heavy (non-hydrogen) atoms. The number of nitrogens with zero attached hydrogens (tertiary/aromatic N) is 1. The van der Waals surface area contributed by atoms with E-state index in [2.05, 4.69) is 26.2 Å². The highest BCUT2D eigenvalue weighted by molar-refractivity contribution is 9.10. The Bertz CT molecular complexity index is 650. The molecule has 0 saturated carbocycles. The maximum atomic E-state index is 12.0. The Morgan fingerprint density at radius 3 is 2.62 bits per heavy atom. The molecule has 4 nitrogen and oxygen atoms in total. The molecule has 1 atom stereocenters. The molecule has 1 heterocycles. The lowest BCUT2D eigenvalue weighted by Gasteiger charge is -2.15. The predicted octanol–water partition coefficient (Wildman–Crippen LogP) is 4.56. The smallest absolute Gasteiger partial charge is 0.266 e. The zero-order chi connectivity index (χ0) is 15.4. The molecule has 1 amide bonds. The van der Waals surface area contributed by atoms with Gasteiger partial charge in [0.2, 0.25) is 0 Å². The summed E-state index contributed by atoms with van der Waals surface area (Å²) in [6.45, 7) is 1.65. The third-order valence-electron chi connectivity index (χ3n) is 2.55. The van der Waals surface area contributed by atoms with Crippen LogP contribution < -0.4 is 10.1 Å². The zero-order valence-corrected chi connectivity index (χ0v) is 14.0. The molecule has 0 radical (unpaired) electrons. The Labute approximate surface area is 140 Å². The van der Waals surface area contributed by atoms with E-state index in [0.29, 0.717) is 26.1 Å². The lowest BCUT2D eigenvalue weighted by Crippen LogP contribution is -2.30. The molecule has 0 fully saturated rings. The third-order valence-corrected chi connectivity index (χ3v) is 3.62. The number of amides is 1. The lowest BCUT2D eigenvalue weighted by molar-refractivity contribution is -0.122. The van der Waals surface area contributed by atoms with Crippen LogP contribution >= 0.6 is 39.1 Å². The summed E-state index contributed by atoms with van der Waals surface area (Å²) in [5.41, 5.74) is 0. The second-order valence-corrected chi connectivity index (χ2v) is 5.91. The van der Waals surface area contributed by atoms with Gasteiger partial charge in [0.25, 0.3) is 5.91 Å². The van der Waals surface area contributed by atoms with Crippen molar-refractivity contribution in [2.45, 2.75) is 13.0 Å². The largest absolute Gasteiger partial charge is 0.480 e. The maximum Gasteiger partial charge on any atom is 0.266 e. The van der Waals surface area contributed by atoms with Crippen molar-refractivity contribution in [3.63, 3.8) is 0 Å². The maximum absolute atomic E-state index is 12.0. The van der Waals surface area contributed by atoms with Gasteiger partial charge >= 0.3 is 0 Å². The van der Waals surface area contributed by atoms with Crippen LogP contribution in [0.15, 0.2) is 41.0 Å². The van der Waals surface area contributed by atoms with Crippen molar-refractivity contribution in [1.29, 1.82) is 0 Å². The third kappa shape index (κ3) is 4.59. The van der Waals surface area contributed by atoms with Crippen LogP contribution in [0.1, 0.15) is 6.92 Å². The van der Waals surface area contributed by atoms with Crippen LogP contribution in [0.4, 0.5) is 5.82 Å². The van der Waals surface area contributed by atoms with E-state index in [-0.39, 0.29) is 5.91 Å². The topological polar surface area (TPSA) is 51.2 Å². The fraction of sp³-hybridized carbons (Fsp3) is 0.143. The van der Waals surface area contributed by atoms with Crippen molar-refractivity contribution in [2.24, 2.45) is 0 Å². The Morgan fingerprint density at radius 1 is 1.29 bits per heavy atom. The van der Waals surface area contributed by atoms with Crippen molar-refractivity contribution < 1.29 is 9.53 Å². The highest BCUT2D eigenvalue weighted by Gasteiger charge is 2.16. The van der Waals surface area contributed by atoms with Crippen LogP contribution in [0.2, 0.25) is 10.0 Å². The number of carbonyl (C=O) groups excluding carboxylic acids is 1. The second-order valence-electron chi connectivity index (χ2n) is 4.19. The van der Waals surface area contributed by atoms with Crippen LogP contribution in [0.25, 0.3) is 0 Å². The number of halogens is 3. The molecular weight excluding hydrogens is 379 g/mol. The summed E-state index contributed by atoms with van der Waals surface area (Å²) in [4.78, 5) is 16.0. The van der Waals surface area contributed by atoms with Crippen LogP contribution in [-0.4, -0.2) is 17.0 Å². The molecule has 1 unspecified atom stereocenters. The SMILES string of the molecule is CC(Oc1ccc(Cl)cc1Br)C(=O)Nc1ccc(Cl)cn1. The quantitative estimate of drug-likeness (QED) is 0.833. The minimum atomic E-state index is -0.694. The van der Waals surface area contributed by atoms with Gasteiger partial charge < -0.3 is 10.1 Å². The number of aromatic nitrogens is 1. The van der Waals surface area contributed by atoms with E-state index in [1.54, 1.807) is 37.3 Å². The Kier molecular flexibility index (Phi) is 5.45. The predicted molar refractivity (Wildman–Crippen MR) is 87.1 cm³/mol. The summed E-state index contributed by atoms with van der Waals surface area (Å²) in [6.07, 6.45) is 0.762. The summed E-state index contributed by atoms with van der Waals surface area (Å²) in [5.74, 6) is 0.632. The number of benzene rings is 1. The molecule has 7 heteroatoms. The molecule has 1 aromatic carbocycles. The monoisotopic (exact) mass is 388 g/mol. The fourth-order valence-corrected chi connectivity index (χ4v) is 2.38. The number of carbonyl (C=O) groups is 1. The Morgan fingerprint density at radius 2 is 2.00 bits per heavy atom. The van der Waals surface area contributed by atoms with Gasteiger partial charge in [-0.15, -0.1) is 0 Å². The summed E-state index contributed by atoms with van der Waals surface area (Å²) >= 11 is 14.9. The molecule has 1 aromatic heterocycles. The summed E-state index contributed by atoms with van der Waals surface area (Å²) in [6, 6.07) is 8.34. The minimum Gasteiger partial charge on any atom is -0.480 e. The van der Waals surface area contributed by atoms with Gasteiger partial charge in [0, 0.05) is 11.2 Å². The van der Waals surface area contributed by atoms with E-state index in [1.807, 2.05) is 0 Å². The minimum absolute atomic E-state index is 0.313. The van der Waals surface area contributed by atoms with Gasteiger partial charge in [-0.2, -0.15) is 0 Å². The number of anilines is 1. The number of hydrogen-bond acceptors (Lipinski definition) is 3. The van der Waals surface area contributed by atoms with E-state index >= 15 is 0 Å². The number of rotatable bonds is 4. The van der Waals surface area contributed by atoms with Gasteiger partial charge in [0.1, 0.15) is 11.6 Å². The molecule has 0 aliphatic carbocycles. The number of pyridine rings is 1. The van der Waals surface area contributed by atoms with Crippen LogP contribution in [0, 0.1) is 0 Å². The molecule has 0 aliphatic heterocycles. The van der Waals surface area contributed by atoms with Crippen molar-refractivity contribution in [3.05, 3.63) is 51.0 Å². The lowest BCUT2D eigenvalue weighted by atomic mass is 10.3. The first-order valence-electron chi connectivity index (χ1n) is 6.00. The Balaban J connectivity index is 2.00. The van der Waals surface area contributed by atoms with Crippen LogP contribution in [0.5, 0.6) is 5.75 Å². The highest BCUT2D eigenvalue weighted by atomic mass is 79.9. The van der Waals surface area contributed by atoms with Gasteiger partial charge in [-0.05, 0) is 53.2 Å². The molecule has 0 bridgehead atoms. The van der Waals surface area contributed by atoms with E-state index < -0.39 is 6.10 Å². The first-order chi connectivity index (χ1) is 9.95. The van der Waals surface area contributed by atoms with Gasteiger partial charge in [0.15, 0.2) is 6.10 Å². The number of nitrogens with one attached hydrogen (secondary N) is 1. The average Bonchev–Trinajstić information content (AvgIpc) is 2.44. The normalized spacial score (nSPS) is 11.8. The Hall–Kier alpha value is -1.30. The van der Waals surface area contributed by atoms with Gasteiger partial charge in [-0.1, -0.05) is 23.2 Å². The first-order valence-corrected chi connectivity index (χ1v) is 7.55. The van der Waals surface area contributed by atoms with Crippen molar-refractivity contribution >= 4 is 50.9 Å². The van der Waals surface area contributed by atoms with E-state index in [9.17, 15) is 4.79 Å². The van der Waals surface area contributed by atoms with Crippen molar-refractivity contribution in [2.75, 3.05) is 5.32 Å². The number of hydrogen-bond donors (Lipinski definition) is 1. The summed E-state index contributed by atoms with van der Waals surface area (Å²) in [5, 5.41) is 3.73. The summed E-state index contributed by atoms with van der Waals surface area (Å²) in [7, 11) is 0.